The maximum Gasteiger partial charge on any atom is 0.258 e. The average Bonchev–Trinajstić information content (AvgIpc) is 2.40. The maximum atomic E-state index is 11.9. The van der Waals surface area contributed by atoms with E-state index in [0.29, 0.717) is 11.2 Å². The minimum Gasteiger partial charge on any atom is -0.379 e. The lowest BCUT2D eigenvalue weighted by molar-refractivity contribution is 0.0342. The summed E-state index contributed by atoms with van der Waals surface area (Å²) in [5, 5.41) is 0.663. The molecule has 0 unspecified atom stereocenters. The third-order valence-electron chi connectivity index (χ3n) is 3.40. The molecule has 1 aromatic carbocycles. The van der Waals surface area contributed by atoms with Crippen molar-refractivity contribution in [3.8, 4) is 0 Å². The molecule has 1 aliphatic rings. The lowest BCUT2D eigenvalue weighted by Gasteiger charge is -2.26. The van der Waals surface area contributed by atoms with Gasteiger partial charge in [-0.2, -0.15) is 0 Å². The lowest BCUT2D eigenvalue weighted by atomic mass is 10.1. The highest BCUT2D eigenvalue weighted by Gasteiger charge is 2.11. The summed E-state index contributed by atoms with van der Waals surface area (Å²) in [6.07, 6.45) is 0. The molecule has 0 radical (unpaired) electrons. The highest BCUT2D eigenvalue weighted by Crippen LogP contribution is 2.13. The van der Waals surface area contributed by atoms with Crippen LogP contribution in [0.25, 0.3) is 10.9 Å². The van der Waals surface area contributed by atoms with Crippen LogP contribution in [0.1, 0.15) is 11.4 Å². The van der Waals surface area contributed by atoms with Crippen LogP contribution in [-0.4, -0.2) is 41.2 Å². The fourth-order valence-electron chi connectivity index (χ4n) is 2.42. The predicted octanol–water partition coefficient (Wildman–Crippen LogP) is 1.06. The van der Waals surface area contributed by atoms with Crippen LogP contribution in [0.4, 0.5) is 0 Å². The van der Waals surface area contributed by atoms with Crippen molar-refractivity contribution in [2.45, 2.75) is 13.5 Å². The number of fused-ring (bicyclic) bond motifs is 1. The number of ether oxygens (including phenoxy) is 1. The van der Waals surface area contributed by atoms with E-state index < -0.39 is 0 Å². The molecule has 1 N–H and O–H groups in total. The number of aromatic nitrogens is 2. The minimum atomic E-state index is -0.0636. The van der Waals surface area contributed by atoms with Gasteiger partial charge in [0.05, 0.1) is 24.1 Å². The van der Waals surface area contributed by atoms with Crippen LogP contribution >= 0.6 is 0 Å². The van der Waals surface area contributed by atoms with E-state index in [1.807, 2.05) is 18.2 Å². The zero-order valence-electron chi connectivity index (χ0n) is 11.0. The summed E-state index contributed by atoms with van der Waals surface area (Å²) in [6, 6.07) is 5.91. The van der Waals surface area contributed by atoms with Crippen LogP contribution in [0.5, 0.6) is 0 Å². The number of hydrogen-bond acceptors (Lipinski definition) is 4. The molecule has 5 nitrogen and oxygen atoms in total. The van der Waals surface area contributed by atoms with E-state index in [1.54, 1.807) is 6.92 Å². The van der Waals surface area contributed by atoms with Gasteiger partial charge in [-0.1, -0.05) is 6.07 Å². The molecule has 0 saturated carbocycles. The topological polar surface area (TPSA) is 58.2 Å². The third-order valence-corrected chi connectivity index (χ3v) is 3.40. The molecule has 19 heavy (non-hydrogen) atoms. The molecule has 1 aliphatic heterocycles. The van der Waals surface area contributed by atoms with Gasteiger partial charge < -0.3 is 9.72 Å². The van der Waals surface area contributed by atoms with E-state index in [1.165, 1.54) is 0 Å². The van der Waals surface area contributed by atoms with Crippen LogP contribution in [-0.2, 0) is 11.3 Å². The molecule has 0 bridgehead atoms. The minimum absolute atomic E-state index is 0.0636. The number of aryl methyl sites for hydroxylation is 1. The highest BCUT2D eigenvalue weighted by atomic mass is 16.5. The monoisotopic (exact) mass is 259 g/mol. The first-order valence-electron chi connectivity index (χ1n) is 6.52. The molecule has 100 valence electrons. The Hall–Kier alpha value is -1.72. The van der Waals surface area contributed by atoms with Crippen molar-refractivity contribution >= 4 is 10.9 Å². The summed E-state index contributed by atoms with van der Waals surface area (Å²) >= 11 is 0. The molecular formula is C14H17N3O2. The Kier molecular flexibility index (Phi) is 3.31. The quantitative estimate of drug-likeness (QED) is 0.876. The van der Waals surface area contributed by atoms with Gasteiger partial charge in [-0.3, -0.25) is 9.69 Å². The SMILES string of the molecule is Cc1nc2ccc(CN3CCOCC3)cc2c(=O)[nH]1. The second-order valence-corrected chi connectivity index (χ2v) is 4.89. The van der Waals surface area contributed by atoms with Crippen molar-refractivity contribution in [3.05, 3.63) is 39.9 Å². The van der Waals surface area contributed by atoms with Gasteiger partial charge in [-0.05, 0) is 24.6 Å². The zero-order chi connectivity index (χ0) is 13.2. The van der Waals surface area contributed by atoms with E-state index in [9.17, 15) is 4.79 Å². The smallest absolute Gasteiger partial charge is 0.258 e. The van der Waals surface area contributed by atoms with Gasteiger partial charge in [0, 0.05) is 19.6 Å². The number of nitrogens with one attached hydrogen (secondary N) is 1. The Morgan fingerprint density at radius 2 is 2.16 bits per heavy atom. The second-order valence-electron chi connectivity index (χ2n) is 4.89. The number of nitrogens with zero attached hydrogens (tertiary/aromatic N) is 2. The van der Waals surface area contributed by atoms with Crippen LogP contribution in [0.3, 0.4) is 0 Å². The van der Waals surface area contributed by atoms with Crippen LogP contribution in [0.15, 0.2) is 23.0 Å². The summed E-state index contributed by atoms with van der Waals surface area (Å²) < 4.78 is 5.33. The lowest BCUT2D eigenvalue weighted by Crippen LogP contribution is -2.35. The molecule has 1 fully saturated rings. The fourth-order valence-corrected chi connectivity index (χ4v) is 2.42. The Bertz CT molecular complexity index is 645. The molecule has 3 rings (SSSR count). The van der Waals surface area contributed by atoms with Crippen molar-refractivity contribution in [2.24, 2.45) is 0 Å². The van der Waals surface area contributed by atoms with Crippen molar-refractivity contribution in [3.63, 3.8) is 0 Å². The Labute approximate surface area is 111 Å². The zero-order valence-corrected chi connectivity index (χ0v) is 11.0. The molecule has 2 aromatic rings. The van der Waals surface area contributed by atoms with E-state index in [0.717, 1.165) is 43.9 Å². The summed E-state index contributed by atoms with van der Waals surface area (Å²) in [4.78, 5) is 21.3. The predicted molar refractivity (Wildman–Crippen MR) is 73.2 cm³/mol. The van der Waals surface area contributed by atoms with Crippen LogP contribution < -0.4 is 5.56 Å². The molecule has 1 saturated heterocycles. The first-order valence-corrected chi connectivity index (χ1v) is 6.52. The highest BCUT2D eigenvalue weighted by molar-refractivity contribution is 5.78. The Morgan fingerprint density at radius 1 is 1.37 bits per heavy atom. The largest absolute Gasteiger partial charge is 0.379 e. The van der Waals surface area contributed by atoms with Crippen molar-refractivity contribution in [2.75, 3.05) is 26.3 Å². The number of benzene rings is 1. The van der Waals surface area contributed by atoms with Gasteiger partial charge in [-0.15, -0.1) is 0 Å². The van der Waals surface area contributed by atoms with E-state index in [4.69, 9.17) is 4.74 Å². The summed E-state index contributed by atoms with van der Waals surface area (Å²) in [7, 11) is 0. The van der Waals surface area contributed by atoms with Crippen molar-refractivity contribution < 1.29 is 4.74 Å². The number of hydrogen-bond donors (Lipinski definition) is 1. The van der Waals surface area contributed by atoms with Gasteiger partial charge in [0.1, 0.15) is 5.82 Å². The van der Waals surface area contributed by atoms with Gasteiger partial charge in [-0.25, -0.2) is 4.98 Å². The van der Waals surface area contributed by atoms with Crippen molar-refractivity contribution in [1.29, 1.82) is 0 Å². The number of morpholine rings is 1. The van der Waals surface area contributed by atoms with E-state index in [2.05, 4.69) is 14.9 Å². The molecule has 0 aliphatic carbocycles. The number of H-pyrrole nitrogens is 1. The fraction of sp³-hybridized carbons (Fsp3) is 0.429. The van der Waals surface area contributed by atoms with E-state index in [-0.39, 0.29) is 5.56 Å². The van der Waals surface area contributed by atoms with Gasteiger partial charge in [0.25, 0.3) is 5.56 Å². The summed E-state index contributed by atoms with van der Waals surface area (Å²) in [6.45, 7) is 6.11. The molecule has 0 amide bonds. The molecule has 5 heteroatoms. The van der Waals surface area contributed by atoms with E-state index >= 15 is 0 Å². The Morgan fingerprint density at radius 3 is 2.95 bits per heavy atom. The van der Waals surface area contributed by atoms with Gasteiger partial charge in [0.15, 0.2) is 0 Å². The summed E-state index contributed by atoms with van der Waals surface area (Å²) in [5.74, 6) is 0.651. The molecule has 0 atom stereocenters. The second kappa shape index (κ2) is 5.11. The first-order chi connectivity index (χ1) is 9.22. The first kappa shape index (κ1) is 12.3. The van der Waals surface area contributed by atoms with Gasteiger partial charge in [0.2, 0.25) is 0 Å². The van der Waals surface area contributed by atoms with Gasteiger partial charge >= 0.3 is 0 Å². The molecule has 2 heterocycles. The molecular weight excluding hydrogens is 242 g/mol. The number of aromatic amines is 1. The molecule has 1 aromatic heterocycles. The van der Waals surface area contributed by atoms with Crippen LogP contribution in [0.2, 0.25) is 0 Å². The van der Waals surface area contributed by atoms with Crippen LogP contribution in [0, 0.1) is 6.92 Å². The Balaban J connectivity index is 1.90. The van der Waals surface area contributed by atoms with Crippen molar-refractivity contribution in [1.82, 2.24) is 14.9 Å². The standard InChI is InChI=1S/C14H17N3O2/c1-10-15-13-3-2-11(8-12(13)14(18)16-10)9-17-4-6-19-7-5-17/h2-3,8H,4-7,9H2,1H3,(H,15,16,18). The number of rotatable bonds is 2. The maximum absolute atomic E-state index is 11.9. The molecule has 0 spiro atoms. The summed E-state index contributed by atoms with van der Waals surface area (Å²) in [5.41, 5.74) is 1.84. The normalized spacial score (nSPS) is 16.9. The third kappa shape index (κ3) is 2.67. The average molecular weight is 259 g/mol.